The van der Waals surface area contributed by atoms with Gasteiger partial charge in [-0.15, -0.1) is 0 Å². The van der Waals surface area contributed by atoms with Gasteiger partial charge < -0.3 is 16.8 Å². The lowest BCUT2D eigenvalue weighted by atomic mass is 10.1. The van der Waals surface area contributed by atoms with Gasteiger partial charge in [0.25, 0.3) is 0 Å². The lowest BCUT2D eigenvalue weighted by molar-refractivity contribution is -0.125. The van der Waals surface area contributed by atoms with Crippen molar-refractivity contribution in [3.8, 4) is 0 Å². The quantitative estimate of drug-likeness (QED) is 0.474. The number of hydrogen-bond acceptors (Lipinski definition) is 4. The van der Waals surface area contributed by atoms with Crippen LogP contribution in [0.4, 0.5) is 0 Å². The molecule has 0 fully saturated rings. The number of carbonyl (C=O) groups is 3. The second-order valence-electron chi connectivity index (χ2n) is 3.03. The van der Waals surface area contributed by atoms with Crippen LogP contribution in [0.2, 0.25) is 0 Å². The average Bonchev–Trinajstić information content (AvgIpc) is 2.09. The molecule has 0 unspecified atom stereocenters. The number of ketones is 1. The lowest BCUT2D eigenvalue weighted by Gasteiger charge is -2.09. The van der Waals surface area contributed by atoms with Crippen LogP contribution in [0.3, 0.4) is 0 Å². The van der Waals surface area contributed by atoms with E-state index in [4.69, 9.17) is 11.5 Å². The highest BCUT2D eigenvalue weighted by atomic mass is 16.2. The first-order chi connectivity index (χ1) is 6.43. The standard InChI is InChI=1S/C8H15N3O3/c1-5(12)4-11-8(14)6(9)2-3-7(10)13/h6H,2-4,9H2,1H3,(H2,10,13)(H,11,14)/t6-/m0/s1. The monoisotopic (exact) mass is 201 g/mol. The van der Waals surface area contributed by atoms with Crippen LogP contribution in [0, 0.1) is 0 Å². The van der Waals surface area contributed by atoms with Crippen LogP contribution in [0.1, 0.15) is 19.8 Å². The maximum absolute atomic E-state index is 11.1. The summed E-state index contributed by atoms with van der Waals surface area (Å²) in [6, 6.07) is -0.790. The van der Waals surface area contributed by atoms with Crippen LogP contribution in [-0.2, 0) is 14.4 Å². The second-order valence-corrected chi connectivity index (χ2v) is 3.03. The molecule has 0 aromatic carbocycles. The van der Waals surface area contributed by atoms with Crippen molar-refractivity contribution in [3.05, 3.63) is 0 Å². The Balaban J connectivity index is 3.76. The van der Waals surface area contributed by atoms with E-state index in [2.05, 4.69) is 5.32 Å². The van der Waals surface area contributed by atoms with Gasteiger partial charge in [0.1, 0.15) is 5.78 Å². The molecule has 0 bridgehead atoms. The number of nitrogens with two attached hydrogens (primary N) is 2. The van der Waals surface area contributed by atoms with Gasteiger partial charge >= 0.3 is 0 Å². The predicted octanol–water partition coefficient (Wildman–Crippen LogP) is -1.72. The summed E-state index contributed by atoms with van der Waals surface area (Å²) in [6.07, 6.45) is 0.258. The summed E-state index contributed by atoms with van der Waals surface area (Å²) in [5.74, 6) is -1.10. The van der Waals surface area contributed by atoms with Crippen molar-refractivity contribution < 1.29 is 14.4 Å². The molecule has 0 aromatic rings. The first-order valence-corrected chi connectivity index (χ1v) is 4.24. The molecule has 0 rings (SSSR count). The fourth-order valence-electron chi connectivity index (χ4n) is 0.772. The zero-order chi connectivity index (χ0) is 11.1. The van der Waals surface area contributed by atoms with E-state index < -0.39 is 17.9 Å². The normalized spacial score (nSPS) is 11.9. The maximum atomic E-state index is 11.1. The van der Waals surface area contributed by atoms with Gasteiger partial charge in [-0.1, -0.05) is 0 Å². The van der Waals surface area contributed by atoms with E-state index in [0.717, 1.165) is 0 Å². The van der Waals surface area contributed by atoms with Gasteiger partial charge in [0.2, 0.25) is 11.8 Å². The van der Waals surface area contributed by atoms with Crippen molar-refractivity contribution in [1.29, 1.82) is 0 Å². The minimum Gasteiger partial charge on any atom is -0.370 e. The number of nitrogens with one attached hydrogen (secondary N) is 1. The summed E-state index contributed by atoms with van der Waals surface area (Å²) in [4.78, 5) is 32.0. The predicted molar refractivity (Wildman–Crippen MR) is 50.1 cm³/mol. The number of rotatable bonds is 6. The van der Waals surface area contributed by atoms with Crippen LogP contribution < -0.4 is 16.8 Å². The number of amides is 2. The summed E-state index contributed by atoms with van der Waals surface area (Å²) in [6.45, 7) is 1.32. The Hall–Kier alpha value is -1.43. The molecule has 0 aliphatic rings. The Labute approximate surface area is 82.0 Å². The summed E-state index contributed by atoms with van der Waals surface area (Å²) in [5, 5.41) is 2.34. The van der Waals surface area contributed by atoms with Crippen LogP contribution in [0.25, 0.3) is 0 Å². The van der Waals surface area contributed by atoms with Crippen LogP contribution in [0.5, 0.6) is 0 Å². The highest BCUT2D eigenvalue weighted by Crippen LogP contribution is 1.93. The molecule has 0 radical (unpaired) electrons. The zero-order valence-corrected chi connectivity index (χ0v) is 8.08. The highest BCUT2D eigenvalue weighted by molar-refractivity contribution is 5.87. The highest BCUT2D eigenvalue weighted by Gasteiger charge is 2.13. The molecule has 0 aliphatic carbocycles. The first-order valence-electron chi connectivity index (χ1n) is 4.24. The zero-order valence-electron chi connectivity index (χ0n) is 8.08. The number of Topliss-reactive ketones (excluding diaryl/α,β-unsaturated/α-hetero) is 1. The van der Waals surface area contributed by atoms with Crippen molar-refractivity contribution >= 4 is 17.6 Å². The van der Waals surface area contributed by atoms with E-state index in [1.54, 1.807) is 0 Å². The third-order valence-corrected chi connectivity index (χ3v) is 1.55. The minimum atomic E-state index is -0.790. The lowest BCUT2D eigenvalue weighted by Crippen LogP contribution is -2.42. The molecule has 0 saturated heterocycles. The van der Waals surface area contributed by atoms with Crippen molar-refractivity contribution in [1.82, 2.24) is 5.32 Å². The summed E-state index contributed by atoms with van der Waals surface area (Å²) in [7, 11) is 0. The summed E-state index contributed by atoms with van der Waals surface area (Å²) >= 11 is 0. The maximum Gasteiger partial charge on any atom is 0.237 e. The van der Waals surface area contributed by atoms with Crippen molar-refractivity contribution in [2.24, 2.45) is 11.5 Å². The van der Waals surface area contributed by atoms with E-state index in [0.29, 0.717) is 0 Å². The molecule has 0 heterocycles. The molecule has 6 nitrogen and oxygen atoms in total. The number of hydrogen-bond donors (Lipinski definition) is 3. The van der Waals surface area contributed by atoms with Crippen molar-refractivity contribution in [3.63, 3.8) is 0 Å². The molecule has 80 valence electrons. The Kier molecular flexibility index (Phi) is 5.47. The fraction of sp³-hybridized carbons (Fsp3) is 0.625. The fourth-order valence-corrected chi connectivity index (χ4v) is 0.772. The van der Waals surface area contributed by atoms with Gasteiger partial charge in [-0.25, -0.2) is 0 Å². The van der Waals surface area contributed by atoms with Crippen LogP contribution in [0.15, 0.2) is 0 Å². The van der Waals surface area contributed by atoms with Gasteiger partial charge in [0.15, 0.2) is 0 Å². The smallest absolute Gasteiger partial charge is 0.237 e. The Morgan fingerprint density at radius 3 is 2.36 bits per heavy atom. The molecule has 6 heteroatoms. The van der Waals surface area contributed by atoms with E-state index >= 15 is 0 Å². The second kappa shape index (κ2) is 6.09. The van der Waals surface area contributed by atoms with E-state index in [1.807, 2.05) is 0 Å². The molecular weight excluding hydrogens is 186 g/mol. The molecule has 0 aromatic heterocycles. The third kappa shape index (κ3) is 6.13. The molecular formula is C8H15N3O3. The molecule has 0 saturated carbocycles. The number of carbonyl (C=O) groups excluding carboxylic acids is 3. The van der Waals surface area contributed by atoms with Gasteiger partial charge in [0, 0.05) is 6.42 Å². The molecule has 5 N–H and O–H groups in total. The van der Waals surface area contributed by atoms with Crippen molar-refractivity contribution in [2.75, 3.05) is 6.54 Å². The molecule has 1 atom stereocenters. The summed E-state index contributed by atoms with van der Waals surface area (Å²) in [5.41, 5.74) is 10.3. The average molecular weight is 201 g/mol. The van der Waals surface area contributed by atoms with Crippen LogP contribution in [-0.4, -0.2) is 30.2 Å². The Morgan fingerprint density at radius 2 is 1.93 bits per heavy atom. The van der Waals surface area contributed by atoms with Gasteiger partial charge in [0.05, 0.1) is 12.6 Å². The van der Waals surface area contributed by atoms with Gasteiger partial charge in [-0.05, 0) is 13.3 Å². The first kappa shape index (κ1) is 12.6. The van der Waals surface area contributed by atoms with Gasteiger partial charge in [-0.2, -0.15) is 0 Å². The van der Waals surface area contributed by atoms with E-state index in [9.17, 15) is 14.4 Å². The molecule has 0 spiro atoms. The summed E-state index contributed by atoms with van der Waals surface area (Å²) < 4.78 is 0. The number of primary amides is 1. The topological polar surface area (TPSA) is 115 Å². The largest absolute Gasteiger partial charge is 0.370 e. The SMILES string of the molecule is CC(=O)CNC(=O)[C@@H](N)CCC(N)=O. The van der Waals surface area contributed by atoms with E-state index in [1.165, 1.54) is 6.92 Å². The van der Waals surface area contributed by atoms with Gasteiger partial charge in [-0.3, -0.25) is 14.4 Å². The Bertz CT molecular complexity index is 240. The van der Waals surface area contributed by atoms with Crippen LogP contribution >= 0.6 is 0 Å². The van der Waals surface area contributed by atoms with E-state index in [-0.39, 0.29) is 25.2 Å². The molecule has 0 aliphatic heterocycles. The Morgan fingerprint density at radius 1 is 1.36 bits per heavy atom. The van der Waals surface area contributed by atoms with Crippen molar-refractivity contribution in [2.45, 2.75) is 25.8 Å². The minimum absolute atomic E-state index is 0.0386. The molecule has 2 amide bonds. The third-order valence-electron chi connectivity index (χ3n) is 1.55. The molecule has 14 heavy (non-hydrogen) atoms.